The molecule has 1 aliphatic carbocycles. The van der Waals surface area contributed by atoms with Crippen LogP contribution in [0.3, 0.4) is 0 Å². The van der Waals surface area contributed by atoms with Crippen LogP contribution in [0, 0.1) is 11.6 Å². The molecule has 1 aliphatic heterocycles. The lowest BCUT2D eigenvalue weighted by Gasteiger charge is -2.36. The first kappa shape index (κ1) is 25.7. The van der Waals surface area contributed by atoms with Crippen molar-refractivity contribution in [2.45, 2.75) is 51.0 Å². The van der Waals surface area contributed by atoms with Crippen molar-refractivity contribution in [2.75, 3.05) is 31.1 Å². The van der Waals surface area contributed by atoms with E-state index in [9.17, 15) is 19.0 Å². The van der Waals surface area contributed by atoms with Gasteiger partial charge in [-0.3, -0.25) is 14.6 Å². The number of aliphatic hydroxyl groups excluding tert-OH is 1. The smallest absolute Gasteiger partial charge is 0.156 e. The summed E-state index contributed by atoms with van der Waals surface area (Å²) in [6, 6.07) is 5.79. The van der Waals surface area contributed by atoms with Crippen molar-refractivity contribution in [1.82, 2.24) is 29.6 Å². The van der Waals surface area contributed by atoms with E-state index in [1.807, 2.05) is 10.9 Å². The highest BCUT2D eigenvalue weighted by molar-refractivity contribution is 5.83. The van der Waals surface area contributed by atoms with E-state index in [4.69, 9.17) is 9.97 Å². The molecule has 0 amide bonds. The summed E-state index contributed by atoms with van der Waals surface area (Å²) < 4.78 is 29.5. The predicted molar refractivity (Wildman–Crippen MR) is 142 cm³/mol. The van der Waals surface area contributed by atoms with Crippen LogP contribution >= 0.6 is 0 Å². The molecule has 3 aromatic heterocycles. The maximum absolute atomic E-state index is 14.2. The van der Waals surface area contributed by atoms with Gasteiger partial charge in [-0.1, -0.05) is 6.07 Å². The third kappa shape index (κ3) is 5.34. The quantitative estimate of drug-likeness (QED) is 0.370. The molecule has 204 valence electrons. The molecule has 1 unspecified atom stereocenters. The van der Waals surface area contributed by atoms with Gasteiger partial charge in [0.2, 0.25) is 0 Å². The van der Waals surface area contributed by atoms with E-state index < -0.39 is 23.3 Å². The van der Waals surface area contributed by atoms with Crippen LogP contribution < -0.4 is 4.90 Å². The molecule has 0 spiro atoms. The van der Waals surface area contributed by atoms with E-state index in [0.29, 0.717) is 72.6 Å². The zero-order valence-corrected chi connectivity index (χ0v) is 21.9. The van der Waals surface area contributed by atoms with E-state index in [-0.39, 0.29) is 0 Å². The summed E-state index contributed by atoms with van der Waals surface area (Å²) in [5.41, 5.74) is 2.10. The van der Waals surface area contributed by atoms with Gasteiger partial charge in [-0.15, -0.1) is 0 Å². The second-order valence-electron chi connectivity index (χ2n) is 11.0. The summed E-state index contributed by atoms with van der Waals surface area (Å²) in [6.45, 7) is 6.10. The lowest BCUT2D eigenvalue weighted by atomic mass is 9.98. The number of pyridine rings is 1. The van der Waals surface area contributed by atoms with Gasteiger partial charge in [-0.25, -0.2) is 18.7 Å². The molecule has 0 bridgehead atoms. The first-order valence-corrected chi connectivity index (χ1v) is 13.2. The molecule has 11 heteroatoms. The number of benzene rings is 1. The van der Waals surface area contributed by atoms with Crippen LogP contribution in [0.25, 0.3) is 22.3 Å². The molecule has 0 radical (unpaired) electrons. The van der Waals surface area contributed by atoms with Gasteiger partial charge in [-0.2, -0.15) is 5.10 Å². The first-order chi connectivity index (χ1) is 18.7. The van der Waals surface area contributed by atoms with Crippen molar-refractivity contribution in [2.24, 2.45) is 0 Å². The van der Waals surface area contributed by atoms with Crippen molar-refractivity contribution in [1.29, 1.82) is 0 Å². The number of hydrogen-bond acceptors (Lipinski definition) is 8. The van der Waals surface area contributed by atoms with E-state index in [1.54, 1.807) is 18.5 Å². The van der Waals surface area contributed by atoms with Crippen LogP contribution in [0.5, 0.6) is 0 Å². The second kappa shape index (κ2) is 9.89. The number of halogens is 2. The molecule has 1 aromatic carbocycles. The minimum atomic E-state index is -1.36. The normalized spacial score (nSPS) is 17.6. The number of hydrogen-bond donors (Lipinski definition) is 2. The Hall–Kier alpha value is -3.54. The van der Waals surface area contributed by atoms with Gasteiger partial charge in [0, 0.05) is 56.1 Å². The maximum Gasteiger partial charge on any atom is 0.156 e. The Kier molecular flexibility index (Phi) is 6.52. The Morgan fingerprint density at radius 2 is 1.79 bits per heavy atom. The fraction of sp³-hybridized carbons (Fsp3) is 0.429. The van der Waals surface area contributed by atoms with Crippen LogP contribution in [-0.2, 0) is 6.54 Å². The number of aliphatic hydroxyl groups is 2. The minimum absolute atomic E-state index is 0.318. The van der Waals surface area contributed by atoms with Crippen molar-refractivity contribution < 1.29 is 19.0 Å². The lowest BCUT2D eigenvalue weighted by Crippen LogP contribution is -2.46. The summed E-state index contributed by atoms with van der Waals surface area (Å²) in [4.78, 5) is 18.5. The highest BCUT2D eigenvalue weighted by Gasteiger charge is 2.29. The lowest BCUT2D eigenvalue weighted by molar-refractivity contribution is -0.0516. The topological polar surface area (TPSA) is 103 Å². The highest BCUT2D eigenvalue weighted by Crippen LogP contribution is 2.37. The average Bonchev–Trinajstić information content (AvgIpc) is 3.65. The monoisotopic (exact) mass is 535 g/mol. The van der Waals surface area contributed by atoms with E-state index >= 15 is 0 Å². The number of anilines is 1. The van der Waals surface area contributed by atoms with Crippen LogP contribution in [0.1, 0.15) is 50.1 Å². The Bertz CT molecular complexity index is 1510. The van der Waals surface area contributed by atoms with Crippen LogP contribution in [0.4, 0.5) is 14.6 Å². The fourth-order valence-electron chi connectivity index (χ4n) is 4.90. The molecule has 1 atom stereocenters. The summed E-state index contributed by atoms with van der Waals surface area (Å²) >= 11 is 0. The summed E-state index contributed by atoms with van der Waals surface area (Å²) in [5.74, 6) is -0.401. The molecule has 4 heterocycles. The number of fused-ring (bicyclic) bond motifs is 1. The highest BCUT2D eigenvalue weighted by atomic mass is 19.1. The number of aromatic nitrogens is 5. The Balaban J connectivity index is 1.30. The summed E-state index contributed by atoms with van der Waals surface area (Å²) in [5, 5.41) is 25.4. The fourth-order valence-corrected chi connectivity index (χ4v) is 4.90. The third-order valence-corrected chi connectivity index (χ3v) is 7.38. The number of piperazine rings is 1. The van der Waals surface area contributed by atoms with Crippen molar-refractivity contribution in [3.8, 4) is 11.3 Å². The SMILES string of the molecule is CC(C)(O)C(O)c1cc2nc(-c3cnn(C4CC4)c3)c(N3CCN(Cc4ccc(F)cc4F)CC3)nc2cn1. The molecule has 2 aliphatic rings. The Morgan fingerprint density at radius 3 is 2.49 bits per heavy atom. The number of rotatable bonds is 7. The van der Waals surface area contributed by atoms with Crippen LogP contribution in [0.2, 0.25) is 0 Å². The largest absolute Gasteiger partial charge is 0.387 e. The van der Waals surface area contributed by atoms with Gasteiger partial charge in [0.15, 0.2) is 5.82 Å². The molecule has 4 aromatic rings. The zero-order chi connectivity index (χ0) is 27.3. The van der Waals surface area contributed by atoms with Gasteiger partial charge >= 0.3 is 0 Å². The van der Waals surface area contributed by atoms with Gasteiger partial charge < -0.3 is 15.1 Å². The van der Waals surface area contributed by atoms with E-state index in [0.717, 1.165) is 24.5 Å². The Labute approximate surface area is 224 Å². The van der Waals surface area contributed by atoms with Gasteiger partial charge in [0.1, 0.15) is 28.9 Å². The molecule has 9 nitrogen and oxygen atoms in total. The van der Waals surface area contributed by atoms with Crippen molar-refractivity contribution in [3.05, 3.63) is 65.7 Å². The molecular formula is C28H31F2N7O2. The van der Waals surface area contributed by atoms with E-state index in [1.165, 1.54) is 26.0 Å². The molecule has 2 fully saturated rings. The molecule has 1 saturated heterocycles. The van der Waals surface area contributed by atoms with Crippen molar-refractivity contribution >= 4 is 16.9 Å². The van der Waals surface area contributed by atoms with Crippen LogP contribution in [0.15, 0.2) is 42.9 Å². The standard InChI is InChI=1S/C28H31F2N7O2/c1-28(2,39)26(38)23-12-22-24(14-31-23)34-27(25(33-22)18-13-32-37(16-18)20-5-6-20)36-9-7-35(8-10-36)15-17-3-4-19(29)11-21(17)30/h3-4,11-14,16,20,26,38-39H,5-10,15H2,1-2H3. The molecule has 1 saturated carbocycles. The molecule has 2 N–H and O–H groups in total. The second-order valence-corrected chi connectivity index (χ2v) is 11.0. The molecular weight excluding hydrogens is 504 g/mol. The average molecular weight is 536 g/mol. The summed E-state index contributed by atoms with van der Waals surface area (Å²) in [6.07, 6.45) is 6.41. The molecule has 6 rings (SSSR count). The van der Waals surface area contributed by atoms with Gasteiger partial charge in [-0.05, 0) is 38.8 Å². The van der Waals surface area contributed by atoms with E-state index in [2.05, 4.69) is 19.9 Å². The minimum Gasteiger partial charge on any atom is -0.387 e. The first-order valence-electron chi connectivity index (χ1n) is 13.2. The summed E-state index contributed by atoms with van der Waals surface area (Å²) in [7, 11) is 0. The van der Waals surface area contributed by atoms with Gasteiger partial charge in [0.25, 0.3) is 0 Å². The van der Waals surface area contributed by atoms with Crippen molar-refractivity contribution in [3.63, 3.8) is 0 Å². The maximum atomic E-state index is 14.2. The zero-order valence-electron chi connectivity index (χ0n) is 21.9. The molecule has 39 heavy (non-hydrogen) atoms. The van der Waals surface area contributed by atoms with Gasteiger partial charge in [0.05, 0.1) is 35.2 Å². The van der Waals surface area contributed by atoms with Crippen LogP contribution in [-0.4, -0.2) is 71.6 Å². The Morgan fingerprint density at radius 1 is 1.03 bits per heavy atom. The predicted octanol–water partition coefficient (Wildman–Crippen LogP) is 3.63. The third-order valence-electron chi connectivity index (χ3n) is 7.38. The number of nitrogens with zero attached hydrogens (tertiary/aromatic N) is 7.